The molecule has 10 nitrogen and oxygen atoms in total. The minimum atomic E-state index is -1.05. The van der Waals surface area contributed by atoms with Crippen LogP contribution in [0.15, 0.2) is 35.1 Å². The zero-order valence-electron chi connectivity index (χ0n) is 14.2. The number of tetrazole rings is 1. The zero-order valence-corrected chi connectivity index (χ0v) is 15.8. The smallest absolute Gasteiger partial charge is 0.325 e. The lowest BCUT2D eigenvalue weighted by molar-refractivity contribution is -0.137. The first-order valence-corrected chi connectivity index (χ1v) is 8.96. The average Bonchev–Trinajstić information content (AvgIpc) is 3.08. The summed E-state index contributed by atoms with van der Waals surface area (Å²) in [5, 5.41) is 19.8. The Morgan fingerprint density at radius 2 is 2.07 bits per heavy atom. The second-order valence-electron chi connectivity index (χ2n) is 6.05. The fraction of sp³-hybridized carbons (Fsp3) is 0.250. The molecule has 0 atom stereocenters. The molecule has 28 heavy (non-hydrogen) atoms. The van der Waals surface area contributed by atoms with Crippen LogP contribution in [0, 0.1) is 5.82 Å². The Balaban J connectivity index is 1.39. The minimum Gasteiger partial charge on any atom is -0.485 e. The third-order valence-electron chi connectivity index (χ3n) is 4.03. The van der Waals surface area contributed by atoms with E-state index in [1.54, 1.807) is 6.07 Å². The van der Waals surface area contributed by atoms with Crippen molar-refractivity contribution in [3.05, 3.63) is 40.9 Å². The molecule has 0 unspecified atom stereocenters. The van der Waals surface area contributed by atoms with Crippen LogP contribution in [0.3, 0.4) is 0 Å². The van der Waals surface area contributed by atoms with E-state index in [2.05, 4.69) is 41.4 Å². The number of anilines is 1. The van der Waals surface area contributed by atoms with E-state index in [1.165, 1.54) is 24.5 Å². The number of ether oxygens (including phenoxy) is 1. The van der Waals surface area contributed by atoms with Gasteiger partial charge in [0, 0.05) is 18.5 Å². The van der Waals surface area contributed by atoms with Gasteiger partial charge in [-0.15, -0.1) is 5.10 Å². The van der Waals surface area contributed by atoms with Crippen molar-refractivity contribution in [2.45, 2.75) is 12.6 Å². The Morgan fingerprint density at radius 3 is 2.79 bits per heavy atom. The number of nitrogens with zero attached hydrogens (tertiary/aromatic N) is 7. The van der Waals surface area contributed by atoms with Gasteiger partial charge >= 0.3 is 5.97 Å². The highest BCUT2D eigenvalue weighted by Crippen LogP contribution is 2.29. The van der Waals surface area contributed by atoms with Gasteiger partial charge in [0.25, 0.3) is 0 Å². The van der Waals surface area contributed by atoms with Crippen LogP contribution in [0.5, 0.6) is 5.75 Å². The van der Waals surface area contributed by atoms with Crippen molar-refractivity contribution < 1.29 is 19.0 Å². The quantitative estimate of drug-likeness (QED) is 0.594. The van der Waals surface area contributed by atoms with E-state index in [9.17, 15) is 9.18 Å². The predicted molar refractivity (Wildman–Crippen MR) is 97.2 cm³/mol. The first-order valence-electron chi connectivity index (χ1n) is 8.16. The molecule has 1 aliphatic rings. The molecule has 0 aliphatic carbocycles. The molecule has 1 saturated heterocycles. The van der Waals surface area contributed by atoms with Gasteiger partial charge in [-0.2, -0.15) is 0 Å². The number of hydrogen-bond acceptors (Lipinski definition) is 8. The van der Waals surface area contributed by atoms with Gasteiger partial charge in [-0.3, -0.25) is 4.79 Å². The van der Waals surface area contributed by atoms with Crippen molar-refractivity contribution in [1.82, 2.24) is 30.2 Å². The van der Waals surface area contributed by atoms with Crippen molar-refractivity contribution in [2.24, 2.45) is 0 Å². The fourth-order valence-corrected chi connectivity index (χ4v) is 3.01. The first kappa shape index (κ1) is 18.2. The van der Waals surface area contributed by atoms with Gasteiger partial charge in [0.15, 0.2) is 5.82 Å². The number of halogens is 2. The highest BCUT2D eigenvalue weighted by atomic mass is 79.9. The van der Waals surface area contributed by atoms with Crippen molar-refractivity contribution in [3.63, 3.8) is 0 Å². The monoisotopic (exact) mass is 449 g/mol. The SMILES string of the molecule is O=C(O)Cn1nnnc1-c1cnc(N2CC(Oc3cc(F)ccc3Br)C2)nc1. The number of benzene rings is 1. The number of aromatic nitrogens is 6. The van der Waals surface area contributed by atoms with E-state index in [4.69, 9.17) is 9.84 Å². The molecule has 4 rings (SSSR count). The number of hydrogen-bond donors (Lipinski definition) is 1. The third-order valence-corrected chi connectivity index (χ3v) is 4.69. The van der Waals surface area contributed by atoms with E-state index in [-0.39, 0.29) is 24.3 Å². The van der Waals surface area contributed by atoms with E-state index < -0.39 is 5.97 Å². The van der Waals surface area contributed by atoms with Crippen LogP contribution in [0.1, 0.15) is 0 Å². The maximum absolute atomic E-state index is 13.3. The molecule has 0 saturated carbocycles. The molecule has 0 amide bonds. The normalized spacial score (nSPS) is 14.0. The van der Waals surface area contributed by atoms with Gasteiger partial charge in [-0.25, -0.2) is 19.0 Å². The van der Waals surface area contributed by atoms with Crippen molar-refractivity contribution in [1.29, 1.82) is 0 Å². The molecule has 0 spiro atoms. The van der Waals surface area contributed by atoms with Crippen LogP contribution in [0.25, 0.3) is 11.4 Å². The number of carboxylic acid groups (broad SMARTS) is 1. The van der Waals surface area contributed by atoms with Crippen molar-refractivity contribution >= 4 is 27.8 Å². The van der Waals surface area contributed by atoms with Crippen LogP contribution in [0.2, 0.25) is 0 Å². The van der Waals surface area contributed by atoms with Gasteiger partial charge in [0.05, 0.1) is 23.1 Å². The Morgan fingerprint density at radius 1 is 1.32 bits per heavy atom. The molecular weight excluding hydrogens is 437 g/mol. The molecule has 1 fully saturated rings. The van der Waals surface area contributed by atoms with Gasteiger partial charge < -0.3 is 14.7 Å². The summed E-state index contributed by atoms with van der Waals surface area (Å²) in [5.41, 5.74) is 0.506. The predicted octanol–water partition coefficient (Wildman–Crippen LogP) is 1.38. The largest absolute Gasteiger partial charge is 0.485 e. The summed E-state index contributed by atoms with van der Waals surface area (Å²) in [6.45, 7) is 0.753. The minimum absolute atomic E-state index is 0.107. The molecule has 0 radical (unpaired) electrons. The van der Waals surface area contributed by atoms with E-state index >= 15 is 0 Å². The lowest BCUT2D eigenvalue weighted by atomic mass is 10.2. The second kappa shape index (κ2) is 7.46. The van der Waals surface area contributed by atoms with Gasteiger partial charge in [0.1, 0.15) is 24.2 Å². The number of carbonyl (C=O) groups is 1. The van der Waals surface area contributed by atoms with Crippen LogP contribution >= 0.6 is 15.9 Å². The van der Waals surface area contributed by atoms with E-state index in [1.807, 2.05) is 4.90 Å². The molecule has 144 valence electrons. The molecule has 1 aromatic carbocycles. The molecule has 1 N–H and O–H groups in total. The summed E-state index contributed by atoms with van der Waals surface area (Å²) < 4.78 is 21.0. The average molecular weight is 450 g/mol. The van der Waals surface area contributed by atoms with Crippen LogP contribution in [0.4, 0.5) is 10.3 Å². The first-order chi connectivity index (χ1) is 13.5. The molecule has 12 heteroatoms. The molecule has 3 aromatic rings. The number of rotatable bonds is 6. The third kappa shape index (κ3) is 3.76. The Labute approximate surface area is 166 Å². The van der Waals surface area contributed by atoms with Gasteiger partial charge in [0.2, 0.25) is 5.95 Å². The molecular formula is C16H13BrFN7O3. The topological polar surface area (TPSA) is 119 Å². The van der Waals surface area contributed by atoms with Crippen LogP contribution in [-0.4, -0.2) is 60.4 Å². The Bertz CT molecular complexity index is 1010. The molecule has 0 bridgehead atoms. The van der Waals surface area contributed by atoms with Gasteiger partial charge in [-0.1, -0.05) is 0 Å². The number of aliphatic carboxylic acids is 1. The highest BCUT2D eigenvalue weighted by molar-refractivity contribution is 9.10. The fourth-order valence-electron chi connectivity index (χ4n) is 2.67. The van der Waals surface area contributed by atoms with Crippen molar-refractivity contribution in [3.8, 4) is 17.1 Å². The summed E-state index contributed by atoms with van der Waals surface area (Å²) in [7, 11) is 0. The summed E-state index contributed by atoms with van der Waals surface area (Å²) in [5.74, 6) is -0.193. The molecule has 1 aliphatic heterocycles. The maximum Gasteiger partial charge on any atom is 0.325 e. The summed E-state index contributed by atoms with van der Waals surface area (Å²) >= 11 is 3.33. The highest BCUT2D eigenvalue weighted by Gasteiger charge is 2.31. The maximum atomic E-state index is 13.3. The Kier molecular flexibility index (Phi) is 4.86. The lowest BCUT2D eigenvalue weighted by Crippen LogP contribution is -2.54. The summed E-state index contributed by atoms with van der Waals surface area (Å²) in [6.07, 6.45) is 2.96. The summed E-state index contributed by atoms with van der Waals surface area (Å²) in [4.78, 5) is 21.3. The van der Waals surface area contributed by atoms with Crippen LogP contribution in [-0.2, 0) is 11.3 Å². The number of carboxylic acids is 1. The lowest BCUT2D eigenvalue weighted by Gasteiger charge is -2.39. The molecule has 2 aromatic heterocycles. The summed E-state index contributed by atoms with van der Waals surface area (Å²) in [6, 6.07) is 4.28. The standard InChI is InChI=1S/C16H13BrFN7O3/c17-12-2-1-10(18)3-13(12)28-11-6-24(7-11)16-19-4-9(5-20-16)15-21-22-23-25(15)8-14(26)27/h1-5,11H,6-8H2,(H,26,27). The molecule has 3 heterocycles. The van der Waals surface area contributed by atoms with Crippen LogP contribution < -0.4 is 9.64 Å². The van der Waals surface area contributed by atoms with E-state index in [0.717, 1.165) is 4.68 Å². The van der Waals surface area contributed by atoms with E-state index in [0.29, 0.717) is 34.8 Å². The van der Waals surface area contributed by atoms with Gasteiger partial charge in [-0.05, 0) is 38.5 Å². The zero-order chi connectivity index (χ0) is 19.7. The second-order valence-corrected chi connectivity index (χ2v) is 6.90. The van der Waals surface area contributed by atoms with Crippen molar-refractivity contribution in [2.75, 3.05) is 18.0 Å². The Hall–Kier alpha value is -3.15.